The minimum Gasteiger partial charge on any atom is -0.192 e. The Morgan fingerprint density at radius 1 is 0.600 bits per heavy atom. The van der Waals surface area contributed by atoms with Crippen LogP contribution in [-0.2, 0) is 0 Å². The smallest absolute Gasteiger partial charge is 0.110 e. The Labute approximate surface area is 254 Å². The van der Waals surface area contributed by atoms with E-state index in [4.69, 9.17) is 5.26 Å². The van der Waals surface area contributed by atoms with Crippen LogP contribution in [0.4, 0.5) is 0 Å². The normalized spacial score (nSPS) is 15.2. The van der Waals surface area contributed by atoms with Crippen molar-refractivity contribution in [2.75, 3.05) is 0 Å². The Hall–Kier alpha value is -3.21. The predicted octanol–water partition coefficient (Wildman–Crippen LogP) is 11.9. The highest BCUT2D eigenvalue weighted by Crippen LogP contribution is 2.49. The van der Waals surface area contributed by atoms with Gasteiger partial charge in [0.15, 0.2) is 0 Å². The van der Waals surface area contributed by atoms with E-state index in [1.807, 2.05) is 46.1 Å². The summed E-state index contributed by atoms with van der Waals surface area (Å²) in [6.45, 7) is 0. The van der Waals surface area contributed by atoms with Crippen molar-refractivity contribution in [2.45, 2.75) is 11.7 Å². The first-order chi connectivity index (χ1) is 19.7. The summed E-state index contributed by atoms with van der Waals surface area (Å²) in [7, 11) is 0. The standard InChI is InChI=1S/C32H16N2S6/c33-15-19-3-7-25(35-19)27-11-9-23(37-27)17-1-5-21-29(13-17)39-32-22-6-2-18(14-30(22)40-31(21)32)24-10-12-28(38-24)26-8-4-20(16-34)36-26/h1-7,9-14,26H,8H2. The molecule has 0 amide bonds. The van der Waals surface area contributed by atoms with Gasteiger partial charge in [0.05, 0.1) is 14.3 Å². The third-order valence-corrected chi connectivity index (χ3v) is 14.5. The zero-order chi connectivity index (χ0) is 26.8. The lowest BCUT2D eigenvalue weighted by Crippen LogP contribution is -1.81. The van der Waals surface area contributed by atoms with Crippen LogP contribution in [0.25, 0.3) is 60.2 Å². The lowest BCUT2D eigenvalue weighted by atomic mass is 10.1. The maximum atomic E-state index is 9.20. The van der Waals surface area contributed by atoms with E-state index in [0.29, 0.717) is 5.25 Å². The highest BCUT2D eigenvalue weighted by molar-refractivity contribution is 8.03. The van der Waals surface area contributed by atoms with Crippen LogP contribution in [0.5, 0.6) is 0 Å². The second-order valence-corrected chi connectivity index (χ2v) is 16.1. The number of fused-ring (bicyclic) bond motifs is 5. The Bertz CT molecular complexity index is 2220. The van der Waals surface area contributed by atoms with E-state index in [-0.39, 0.29) is 0 Å². The molecule has 8 heteroatoms. The molecule has 5 aromatic heterocycles. The first-order valence-electron chi connectivity index (χ1n) is 12.5. The van der Waals surface area contributed by atoms with Crippen molar-refractivity contribution < 1.29 is 0 Å². The van der Waals surface area contributed by atoms with Gasteiger partial charge in [-0.15, -0.1) is 68.4 Å². The molecule has 1 aliphatic rings. The number of thiophene rings is 5. The Balaban J connectivity index is 1.11. The monoisotopic (exact) mass is 620 g/mol. The molecule has 0 aliphatic carbocycles. The molecule has 1 aliphatic heterocycles. The Morgan fingerprint density at radius 3 is 1.88 bits per heavy atom. The number of hydrogen-bond donors (Lipinski definition) is 0. The molecular formula is C32H16N2S6. The van der Waals surface area contributed by atoms with Crippen LogP contribution in [0.15, 0.2) is 83.8 Å². The minimum absolute atomic E-state index is 0.369. The van der Waals surface area contributed by atoms with Gasteiger partial charge in [-0.05, 0) is 66.1 Å². The largest absolute Gasteiger partial charge is 0.192 e. The number of nitriles is 2. The van der Waals surface area contributed by atoms with E-state index >= 15 is 0 Å². The third-order valence-electron chi connectivity index (χ3n) is 7.06. The molecule has 6 heterocycles. The second-order valence-electron chi connectivity index (χ2n) is 9.45. The first kappa shape index (κ1) is 24.6. The van der Waals surface area contributed by atoms with Crippen molar-refractivity contribution >= 4 is 98.0 Å². The molecule has 0 radical (unpaired) electrons. The third kappa shape index (κ3) is 4.07. The predicted molar refractivity (Wildman–Crippen MR) is 178 cm³/mol. The molecule has 0 saturated heterocycles. The van der Waals surface area contributed by atoms with Gasteiger partial charge in [-0.1, -0.05) is 30.3 Å². The van der Waals surface area contributed by atoms with Gasteiger partial charge in [0.1, 0.15) is 17.0 Å². The zero-order valence-electron chi connectivity index (χ0n) is 20.6. The summed E-state index contributed by atoms with van der Waals surface area (Å²) in [6.07, 6.45) is 3.00. The first-order valence-corrected chi connectivity index (χ1v) is 17.5. The second kappa shape index (κ2) is 9.71. The Morgan fingerprint density at radius 2 is 1.23 bits per heavy atom. The van der Waals surface area contributed by atoms with Gasteiger partial charge in [0, 0.05) is 49.8 Å². The summed E-state index contributed by atoms with van der Waals surface area (Å²) < 4.78 is 5.40. The number of allylic oxidation sites excluding steroid dienone is 2. The van der Waals surface area contributed by atoms with Crippen LogP contribution < -0.4 is 0 Å². The van der Waals surface area contributed by atoms with Gasteiger partial charge in [0.25, 0.3) is 0 Å². The van der Waals surface area contributed by atoms with E-state index in [9.17, 15) is 5.26 Å². The van der Waals surface area contributed by atoms with Gasteiger partial charge in [-0.3, -0.25) is 0 Å². The number of nitrogens with zero attached hydrogens (tertiary/aromatic N) is 2. The summed E-state index contributed by atoms with van der Waals surface area (Å²) >= 11 is 10.7. The number of thioether (sulfide) groups is 1. The molecule has 7 aromatic rings. The topological polar surface area (TPSA) is 47.6 Å². The fraction of sp³-hybridized carbons (Fsp3) is 0.0625. The molecule has 8 rings (SSSR count). The average molecular weight is 621 g/mol. The molecule has 2 nitrogen and oxygen atoms in total. The molecule has 0 spiro atoms. The molecule has 0 saturated carbocycles. The summed E-state index contributed by atoms with van der Waals surface area (Å²) in [5.41, 5.74) is 2.51. The molecule has 0 bridgehead atoms. The van der Waals surface area contributed by atoms with Crippen LogP contribution >= 0.6 is 68.4 Å². The van der Waals surface area contributed by atoms with Gasteiger partial charge >= 0.3 is 0 Å². The van der Waals surface area contributed by atoms with E-state index in [0.717, 1.165) is 21.1 Å². The van der Waals surface area contributed by atoms with Crippen LogP contribution in [0.3, 0.4) is 0 Å². The van der Waals surface area contributed by atoms with Crippen molar-refractivity contribution in [1.29, 1.82) is 10.5 Å². The maximum absolute atomic E-state index is 9.20. The van der Waals surface area contributed by atoms with E-state index < -0.39 is 0 Å². The van der Waals surface area contributed by atoms with E-state index in [1.54, 1.807) is 34.4 Å². The fourth-order valence-electron chi connectivity index (χ4n) is 5.11. The highest BCUT2D eigenvalue weighted by Gasteiger charge is 2.22. The van der Waals surface area contributed by atoms with E-state index in [2.05, 4.69) is 78.9 Å². The molecule has 190 valence electrons. The van der Waals surface area contributed by atoms with Crippen LogP contribution in [0, 0.1) is 22.7 Å². The van der Waals surface area contributed by atoms with Crippen molar-refractivity contribution in [3.05, 3.63) is 93.5 Å². The highest BCUT2D eigenvalue weighted by atomic mass is 32.2. The number of rotatable bonds is 4. The molecule has 1 atom stereocenters. The van der Waals surface area contributed by atoms with Crippen molar-refractivity contribution in [3.63, 3.8) is 0 Å². The zero-order valence-corrected chi connectivity index (χ0v) is 25.5. The molecule has 0 N–H and O–H groups in total. The van der Waals surface area contributed by atoms with Crippen LogP contribution in [-0.4, -0.2) is 0 Å². The molecular weight excluding hydrogens is 605 g/mol. The maximum Gasteiger partial charge on any atom is 0.110 e. The van der Waals surface area contributed by atoms with E-state index in [1.165, 1.54) is 60.2 Å². The summed E-state index contributed by atoms with van der Waals surface area (Å²) in [4.78, 5) is 7.83. The minimum atomic E-state index is 0.369. The average Bonchev–Trinajstić information content (AvgIpc) is 3.81. The van der Waals surface area contributed by atoms with Crippen LogP contribution in [0.2, 0.25) is 0 Å². The lowest BCUT2D eigenvalue weighted by Gasteiger charge is -2.04. The number of hydrogen-bond acceptors (Lipinski definition) is 8. The quantitative estimate of drug-likeness (QED) is 0.197. The number of benzene rings is 2. The van der Waals surface area contributed by atoms with Crippen molar-refractivity contribution in [3.8, 4) is 42.8 Å². The van der Waals surface area contributed by atoms with Gasteiger partial charge in [0.2, 0.25) is 0 Å². The van der Waals surface area contributed by atoms with Crippen molar-refractivity contribution in [2.24, 2.45) is 0 Å². The lowest BCUT2D eigenvalue weighted by molar-refractivity contribution is 1.02. The van der Waals surface area contributed by atoms with Gasteiger partial charge in [-0.2, -0.15) is 10.5 Å². The molecule has 1 unspecified atom stereocenters. The molecule has 40 heavy (non-hydrogen) atoms. The van der Waals surface area contributed by atoms with Crippen molar-refractivity contribution in [1.82, 2.24) is 0 Å². The molecule has 0 fully saturated rings. The van der Waals surface area contributed by atoms with Gasteiger partial charge in [-0.25, -0.2) is 0 Å². The SMILES string of the molecule is N#CC1=CCC(c2ccc(-c3ccc4c(c3)sc3c5ccc(-c6ccc(-c7ccc(C#N)s7)s6)cc5sc43)s2)S1. The summed E-state index contributed by atoms with van der Waals surface area (Å²) in [5.74, 6) is 0. The fourth-order valence-corrected chi connectivity index (χ4v) is 12.0. The summed E-state index contributed by atoms with van der Waals surface area (Å²) in [6, 6.07) is 31.1. The molecule has 2 aromatic carbocycles. The Kier molecular flexibility index (Phi) is 5.97. The van der Waals surface area contributed by atoms with Crippen LogP contribution in [0.1, 0.15) is 21.4 Å². The summed E-state index contributed by atoms with van der Waals surface area (Å²) in [5, 5.41) is 21.4. The van der Waals surface area contributed by atoms with Gasteiger partial charge < -0.3 is 0 Å².